The first-order chi connectivity index (χ1) is 11.1. The summed E-state index contributed by atoms with van der Waals surface area (Å²) in [4.78, 5) is 27.6. The fourth-order valence-corrected chi connectivity index (χ4v) is 2.57. The van der Waals surface area contributed by atoms with Crippen LogP contribution in [0.4, 0.5) is 10.5 Å². The summed E-state index contributed by atoms with van der Waals surface area (Å²) in [5, 5.41) is 4.84. The van der Waals surface area contributed by atoms with Gasteiger partial charge in [-0.05, 0) is 24.6 Å². The van der Waals surface area contributed by atoms with Crippen molar-refractivity contribution in [1.82, 2.24) is 15.5 Å². The van der Waals surface area contributed by atoms with Crippen molar-refractivity contribution in [2.45, 2.75) is 6.92 Å². The van der Waals surface area contributed by atoms with Crippen LogP contribution in [0.15, 0.2) is 36.9 Å². The monoisotopic (exact) mass is 316 g/mol. The van der Waals surface area contributed by atoms with Gasteiger partial charge in [0.2, 0.25) is 5.91 Å². The number of aryl methyl sites for hydroxylation is 1. The summed E-state index contributed by atoms with van der Waals surface area (Å²) >= 11 is 0. The average molecular weight is 316 g/mol. The van der Waals surface area contributed by atoms with Gasteiger partial charge in [0.15, 0.2) is 0 Å². The molecule has 2 rings (SSSR count). The first kappa shape index (κ1) is 17.0. The summed E-state index contributed by atoms with van der Waals surface area (Å²) in [6.07, 6.45) is 1.56. The van der Waals surface area contributed by atoms with Crippen molar-refractivity contribution in [2.75, 3.05) is 44.2 Å². The largest absolute Gasteiger partial charge is 0.369 e. The lowest BCUT2D eigenvalue weighted by molar-refractivity contribution is -0.121. The second kappa shape index (κ2) is 8.33. The quantitative estimate of drug-likeness (QED) is 0.799. The van der Waals surface area contributed by atoms with Gasteiger partial charge in [-0.2, -0.15) is 0 Å². The van der Waals surface area contributed by atoms with Crippen LogP contribution in [0.3, 0.4) is 0 Å². The van der Waals surface area contributed by atoms with Gasteiger partial charge < -0.3 is 10.2 Å². The Hall–Kier alpha value is -2.34. The van der Waals surface area contributed by atoms with Crippen molar-refractivity contribution < 1.29 is 9.59 Å². The molecule has 1 aliphatic rings. The van der Waals surface area contributed by atoms with Gasteiger partial charge in [0, 0.05) is 38.4 Å². The molecule has 0 saturated carbocycles. The summed E-state index contributed by atoms with van der Waals surface area (Å²) in [5.41, 5.74) is 2.47. The maximum atomic E-state index is 11.8. The van der Waals surface area contributed by atoms with E-state index in [1.165, 1.54) is 11.3 Å². The Labute approximate surface area is 137 Å². The first-order valence-corrected chi connectivity index (χ1v) is 7.81. The summed E-state index contributed by atoms with van der Waals surface area (Å²) in [6.45, 7) is 9.52. The van der Waals surface area contributed by atoms with Crippen molar-refractivity contribution in [1.29, 1.82) is 0 Å². The molecular formula is C17H24N4O2. The van der Waals surface area contributed by atoms with E-state index >= 15 is 0 Å². The van der Waals surface area contributed by atoms with E-state index in [0.29, 0.717) is 6.54 Å². The zero-order valence-corrected chi connectivity index (χ0v) is 13.5. The van der Waals surface area contributed by atoms with E-state index in [1.54, 1.807) is 6.08 Å². The molecule has 124 valence electrons. The molecule has 1 fully saturated rings. The van der Waals surface area contributed by atoms with Crippen molar-refractivity contribution in [3.63, 3.8) is 0 Å². The number of carbonyl (C=O) groups is 2. The average Bonchev–Trinajstić information content (AvgIpc) is 2.53. The van der Waals surface area contributed by atoms with E-state index in [1.807, 2.05) is 0 Å². The van der Waals surface area contributed by atoms with E-state index in [-0.39, 0.29) is 12.5 Å². The fourth-order valence-electron chi connectivity index (χ4n) is 2.57. The van der Waals surface area contributed by atoms with Crippen LogP contribution < -0.4 is 15.5 Å². The number of imide groups is 1. The van der Waals surface area contributed by atoms with E-state index in [2.05, 4.69) is 58.2 Å². The summed E-state index contributed by atoms with van der Waals surface area (Å²) < 4.78 is 0. The van der Waals surface area contributed by atoms with Gasteiger partial charge in [0.1, 0.15) is 0 Å². The summed E-state index contributed by atoms with van der Waals surface area (Å²) in [7, 11) is 0. The molecule has 1 aliphatic heterocycles. The lowest BCUT2D eigenvalue weighted by atomic mass is 10.2. The third-order valence-corrected chi connectivity index (χ3v) is 3.77. The minimum Gasteiger partial charge on any atom is -0.369 e. The third kappa shape index (κ3) is 5.41. The van der Waals surface area contributed by atoms with Crippen LogP contribution in [-0.4, -0.2) is 56.1 Å². The molecule has 1 aromatic rings. The van der Waals surface area contributed by atoms with Gasteiger partial charge in [-0.25, -0.2) is 4.79 Å². The van der Waals surface area contributed by atoms with E-state index in [4.69, 9.17) is 0 Å². The van der Waals surface area contributed by atoms with Gasteiger partial charge in [0.05, 0.1) is 6.54 Å². The molecule has 2 N–H and O–H groups in total. The molecule has 0 aliphatic carbocycles. The number of benzene rings is 1. The normalized spacial score (nSPS) is 15.1. The second-order valence-corrected chi connectivity index (χ2v) is 5.65. The van der Waals surface area contributed by atoms with Gasteiger partial charge in [-0.15, -0.1) is 6.58 Å². The summed E-state index contributed by atoms with van der Waals surface area (Å²) in [5.74, 6) is -0.282. The Morgan fingerprint density at radius 2 is 2.00 bits per heavy atom. The van der Waals surface area contributed by atoms with Crippen LogP contribution in [0.2, 0.25) is 0 Å². The highest BCUT2D eigenvalue weighted by Gasteiger charge is 2.19. The zero-order chi connectivity index (χ0) is 16.7. The van der Waals surface area contributed by atoms with Crippen LogP contribution in [0, 0.1) is 6.92 Å². The number of urea groups is 1. The number of rotatable bonds is 5. The Kier molecular flexibility index (Phi) is 6.17. The summed E-state index contributed by atoms with van der Waals surface area (Å²) in [6, 6.07) is 7.95. The Morgan fingerprint density at radius 3 is 2.65 bits per heavy atom. The molecule has 3 amide bonds. The van der Waals surface area contributed by atoms with Gasteiger partial charge in [-0.1, -0.05) is 18.2 Å². The highest BCUT2D eigenvalue weighted by atomic mass is 16.2. The van der Waals surface area contributed by atoms with Crippen LogP contribution >= 0.6 is 0 Å². The molecule has 0 aromatic heterocycles. The maximum absolute atomic E-state index is 11.8. The van der Waals surface area contributed by atoms with E-state index < -0.39 is 6.03 Å². The number of amides is 3. The molecule has 1 heterocycles. The van der Waals surface area contributed by atoms with Gasteiger partial charge in [-0.3, -0.25) is 15.0 Å². The Morgan fingerprint density at radius 1 is 1.26 bits per heavy atom. The number of piperazine rings is 1. The predicted molar refractivity (Wildman–Crippen MR) is 91.6 cm³/mol. The van der Waals surface area contributed by atoms with Gasteiger partial charge in [0.25, 0.3) is 0 Å². The number of hydrogen-bond acceptors (Lipinski definition) is 4. The number of carbonyl (C=O) groups excluding carboxylic acids is 2. The third-order valence-electron chi connectivity index (χ3n) is 3.77. The van der Waals surface area contributed by atoms with Crippen LogP contribution in [0.5, 0.6) is 0 Å². The molecular weight excluding hydrogens is 292 g/mol. The number of nitrogens with one attached hydrogen (secondary N) is 2. The van der Waals surface area contributed by atoms with Crippen molar-refractivity contribution in [3.05, 3.63) is 42.5 Å². The van der Waals surface area contributed by atoms with Gasteiger partial charge >= 0.3 is 6.03 Å². The highest BCUT2D eigenvalue weighted by molar-refractivity contribution is 5.95. The molecule has 0 bridgehead atoms. The maximum Gasteiger partial charge on any atom is 0.321 e. The number of hydrogen-bond donors (Lipinski definition) is 2. The standard InChI is InChI=1S/C17H24N4O2/c1-3-7-18-17(23)19-16(22)13-20-8-10-21(11-9-20)15-6-4-5-14(2)12-15/h3-6,12H,1,7-11,13H2,2H3,(H2,18,19,22,23). The predicted octanol–water partition coefficient (Wildman–Crippen LogP) is 1.13. The van der Waals surface area contributed by atoms with E-state index in [9.17, 15) is 9.59 Å². The Balaban J connectivity index is 1.75. The molecule has 6 nitrogen and oxygen atoms in total. The molecule has 1 aromatic carbocycles. The smallest absolute Gasteiger partial charge is 0.321 e. The highest BCUT2D eigenvalue weighted by Crippen LogP contribution is 2.17. The SMILES string of the molecule is C=CCNC(=O)NC(=O)CN1CCN(c2cccc(C)c2)CC1. The molecule has 6 heteroatoms. The molecule has 0 atom stereocenters. The molecule has 0 unspecified atom stereocenters. The molecule has 23 heavy (non-hydrogen) atoms. The molecule has 1 saturated heterocycles. The number of nitrogens with zero attached hydrogens (tertiary/aromatic N) is 2. The molecule has 0 spiro atoms. The second-order valence-electron chi connectivity index (χ2n) is 5.65. The van der Waals surface area contributed by atoms with Crippen molar-refractivity contribution >= 4 is 17.6 Å². The first-order valence-electron chi connectivity index (χ1n) is 7.81. The minimum absolute atomic E-state index is 0.239. The molecule has 0 radical (unpaired) electrons. The van der Waals surface area contributed by atoms with Crippen molar-refractivity contribution in [2.24, 2.45) is 0 Å². The lowest BCUT2D eigenvalue weighted by Gasteiger charge is -2.35. The van der Waals surface area contributed by atoms with Crippen LogP contribution in [-0.2, 0) is 4.79 Å². The Bertz CT molecular complexity index is 565. The fraction of sp³-hybridized carbons (Fsp3) is 0.412. The van der Waals surface area contributed by atoms with Crippen molar-refractivity contribution in [3.8, 4) is 0 Å². The zero-order valence-electron chi connectivity index (χ0n) is 13.5. The van der Waals surface area contributed by atoms with E-state index in [0.717, 1.165) is 26.2 Å². The minimum atomic E-state index is -0.478. The topological polar surface area (TPSA) is 64.7 Å². The van der Waals surface area contributed by atoms with Crippen LogP contribution in [0.25, 0.3) is 0 Å². The van der Waals surface area contributed by atoms with Crippen LogP contribution in [0.1, 0.15) is 5.56 Å². The number of anilines is 1. The lowest BCUT2D eigenvalue weighted by Crippen LogP contribution is -2.51.